The van der Waals surface area contributed by atoms with E-state index < -0.39 is 0 Å². The second kappa shape index (κ2) is 11.3. The minimum atomic E-state index is 0.181. The third-order valence-electron chi connectivity index (χ3n) is 3.82. The summed E-state index contributed by atoms with van der Waals surface area (Å²) in [6.45, 7) is 23.6. The van der Waals surface area contributed by atoms with Crippen molar-refractivity contribution < 1.29 is 0 Å². The summed E-state index contributed by atoms with van der Waals surface area (Å²) in [7, 11) is 0. The number of benzene rings is 1. The molecule has 0 aromatic heterocycles. The van der Waals surface area contributed by atoms with Crippen LogP contribution in [-0.2, 0) is 0 Å². The predicted octanol–water partition coefficient (Wildman–Crippen LogP) is 7.02. The van der Waals surface area contributed by atoms with Crippen LogP contribution in [-0.4, -0.2) is 6.54 Å². The largest absolute Gasteiger partial charge is 0.381 e. The quantitative estimate of drug-likeness (QED) is 0.461. The van der Waals surface area contributed by atoms with E-state index in [1.54, 1.807) is 0 Å². The molecule has 25 heavy (non-hydrogen) atoms. The molecule has 0 amide bonds. The average Bonchev–Trinajstić information content (AvgIpc) is 2.66. The molecule has 2 rings (SSSR count). The van der Waals surface area contributed by atoms with Crippen LogP contribution >= 0.6 is 0 Å². The summed E-state index contributed by atoms with van der Waals surface area (Å²) < 4.78 is 0. The highest BCUT2D eigenvalue weighted by molar-refractivity contribution is 5.77. The molecule has 0 unspecified atom stereocenters. The van der Waals surface area contributed by atoms with Crippen molar-refractivity contribution in [2.75, 3.05) is 6.54 Å². The van der Waals surface area contributed by atoms with E-state index in [9.17, 15) is 0 Å². The monoisotopic (exact) mass is 337 g/mol. The minimum absolute atomic E-state index is 0.181. The predicted molar refractivity (Wildman–Crippen MR) is 116 cm³/mol. The zero-order valence-corrected chi connectivity index (χ0v) is 16.9. The molecule has 0 atom stereocenters. The van der Waals surface area contributed by atoms with Crippen molar-refractivity contribution in [1.29, 1.82) is 0 Å². The first kappa shape index (κ1) is 22.7. The lowest BCUT2D eigenvalue weighted by atomic mass is 9.84. The number of nitrogens with one attached hydrogen (secondary N) is 1. The summed E-state index contributed by atoms with van der Waals surface area (Å²) in [5.41, 5.74) is 6.36. The van der Waals surface area contributed by atoms with Crippen LogP contribution in [0.4, 0.5) is 0 Å². The van der Waals surface area contributed by atoms with Gasteiger partial charge in [0.15, 0.2) is 0 Å². The van der Waals surface area contributed by atoms with Crippen LogP contribution in [0.2, 0.25) is 0 Å². The lowest BCUT2D eigenvalue weighted by molar-refractivity contribution is 0.513. The van der Waals surface area contributed by atoms with Gasteiger partial charge in [0.25, 0.3) is 0 Å². The molecule has 1 aliphatic rings. The van der Waals surface area contributed by atoms with Crippen LogP contribution in [0.3, 0.4) is 0 Å². The molecular weight excluding hydrogens is 302 g/mol. The summed E-state index contributed by atoms with van der Waals surface area (Å²) in [5.74, 6) is 0. The Bertz CT molecular complexity index is 636. The molecule has 0 radical (unpaired) electrons. The van der Waals surface area contributed by atoms with E-state index in [-0.39, 0.29) is 5.41 Å². The van der Waals surface area contributed by atoms with Crippen molar-refractivity contribution >= 4 is 11.3 Å². The summed E-state index contributed by atoms with van der Waals surface area (Å²) >= 11 is 0. The Kier molecular flexibility index (Phi) is 10.3. The first-order valence-electron chi connectivity index (χ1n) is 9.01. The number of dihydropyridines is 1. The molecule has 0 fully saturated rings. The van der Waals surface area contributed by atoms with Crippen LogP contribution in [0, 0.1) is 5.41 Å². The topological polar surface area (TPSA) is 12.0 Å². The van der Waals surface area contributed by atoms with Gasteiger partial charge in [0.2, 0.25) is 0 Å². The maximum atomic E-state index is 3.89. The molecule has 1 heteroatoms. The summed E-state index contributed by atoms with van der Waals surface area (Å²) in [4.78, 5) is 0. The second-order valence-electron chi connectivity index (χ2n) is 6.38. The Hall–Kier alpha value is -2.28. The molecular formula is C24H35N. The third-order valence-corrected chi connectivity index (χ3v) is 3.82. The molecule has 1 aromatic rings. The van der Waals surface area contributed by atoms with Crippen molar-refractivity contribution in [3.63, 3.8) is 0 Å². The van der Waals surface area contributed by atoms with Gasteiger partial charge in [-0.1, -0.05) is 77.6 Å². The fourth-order valence-corrected chi connectivity index (χ4v) is 2.51. The van der Waals surface area contributed by atoms with Crippen LogP contribution in [0.5, 0.6) is 0 Å². The van der Waals surface area contributed by atoms with E-state index in [1.807, 2.05) is 26.8 Å². The van der Waals surface area contributed by atoms with E-state index in [0.717, 1.165) is 6.54 Å². The SMILES string of the molecule is C=C.C=C/C(=C\C)c1cccc(C2=CC(C(C)(C)C)=CCN2)c1.CC. The fourth-order valence-electron chi connectivity index (χ4n) is 2.51. The normalized spacial score (nSPS) is 13.8. The zero-order valence-electron chi connectivity index (χ0n) is 16.9. The van der Waals surface area contributed by atoms with Gasteiger partial charge in [-0.25, -0.2) is 0 Å². The number of hydrogen-bond donors (Lipinski definition) is 1. The summed E-state index contributed by atoms with van der Waals surface area (Å²) in [6, 6.07) is 8.62. The molecule has 1 heterocycles. The van der Waals surface area contributed by atoms with Gasteiger partial charge in [-0.2, -0.15) is 0 Å². The van der Waals surface area contributed by atoms with E-state index in [2.05, 4.69) is 88.3 Å². The maximum absolute atomic E-state index is 3.89. The molecule has 1 aliphatic heterocycles. The Morgan fingerprint density at radius 3 is 2.32 bits per heavy atom. The minimum Gasteiger partial charge on any atom is -0.381 e. The van der Waals surface area contributed by atoms with Gasteiger partial charge in [0.1, 0.15) is 0 Å². The highest BCUT2D eigenvalue weighted by Gasteiger charge is 2.18. The highest BCUT2D eigenvalue weighted by atomic mass is 14.9. The summed E-state index contributed by atoms with van der Waals surface area (Å²) in [5, 5.41) is 3.48. The molecule has 0 saturated heterocycles. The molecule has 0 aliphatic carbocycles. The van der Waals surface area contributed by atoms with E-state index in [1.165, 1.54) is 28.0 Å². The van der Waals surface area contributed by atoms with Gasteiger partial charge >= 0.3 is 0 Å². The summed E-state index contributed by atoms with van der Waals surface area (Å²) in [6.07, 6.45) is 8.54. The maximum Gasteiger partial charge on any atom is 0.0419 e. The van der Waals surface area contributed by atoms with Gasteiger partial charge in [-0.05, 0) is 46.8 Å². The second-order valence-corrected chi connectivity index (χ2v) is 6.38. The van der Waals surface area contributed by atoms with Crippen molar-refractivity contribution in [3.8, 4) is 0 Å². The first-order valence-corrected chi connectivity index (χ1v) is 9.01. The van der Waals surface area contributed by atoms with Crippen molar-refractivity contribution in [2.45, 2.75) is 41.5 Å². The lowest BCUT2D eigenvalue weighted by Crippen LogP contribution is -2.20. The highest BCUT2D eigenvalue weighted by Crippen LogP contribution is 2.31. The zero-order chi connectivity index (χ0) is 19.5. The molecule has 0 spiro atoms. The van der Waals surface area contributed by atoms with Crippen molar-refractivity contribution in [2.24, 2.45) is 5.41 Å². The molecule has 0 saturated carbocycles. The number of rotatable bonds is 3. The van der Waals surface area contributed by atoms with Crippen LogP contribution < -0.4 is 5.32 Å². The smallest absolute Gasteiger partial charge is 0.0419 e. The van der Waals surface area contributed by atoms with Gasteiger partial charge in [0, 0.05) is 12.2 Å². The Morgan fingerprint density at radius 2 is 1.80 bits per heavy atom. The van der Waals surface area contributed by atoms with Gasteiger partial charge in [-0.3, -0.25) is 0 Å². The molecule has 0 bridgehead atoms. The molecule has 1 aromatic carbocycles. The van der Waals surface area contributed by atoms with E-state index in [0.29, 0.717) is 0 Å². The van der Waals surface area contributed by atoms with Crippen LogP contribution in [0.1, 0.15) is 52.7 Å². The van der Waals surface area contributed by atoms with Gasteiger partial charge in [0.05, 0.1) is 0 Å². The standard InChI is InChI=1S/C20H25N.C2H6.C2H4/c1-6-15(7-2)16-9-8-10-17(13-16)19-14-18(11-12-21-19)20(3,4)5;2*1-2/h6-11,13-14,21H,1,12H2,2-5H3;1-2H3;1-2H2/b15-7+;;. The Balaban J connectivity index is 0.00000134. The lowest BCUT2D eigenvalue weighted by Gasteiger charge is -2.26. The van der Waals surface area contributed by atoms with Crippen LogP contribution in [0.25, 0.3) is 11.3 Å². The average molecular weight is 338 g/mol. The van der Waals surface area contributed by atoms with Crippen molar-refractivity contribution in [1.82, 2.24) is 5.32 Å². The van der Waals surface area contributed by atoms with E-state index >= 15 is 0 Å². The third kappa shape index (κ3) is 6.62. The Morgan fingerprint density at radius 1 is 1.16 bits per heavy atom. The molecule has 136 valence electrons. The van der Waals surface area contributed by atoms with Gasteiger partial charge in [-0.15, -0.1) is 13.2 Å². The van der Waals surface area contributed by atoms with Crippen LogP contribution in [0.15, 0.2) is 73.9 Å². The van der Waals surface area contributed by atoms with E-state index in [4.69, 9.17) is 0 Å². The van der Waals surface area contributed by atoms with Gasteiger partial charge < -0.3 is 5.32 Å². The number of hydrogen-bond acceptors (Lipinski definition) is 1. The molecule has 1 nitrogen and oxygen atoms in total. The fraction of sp³-hybridized carbons (Fsp3) is 0.333. The Labute approximate surface area is 155 Å². The first-order chi connectivity index (χ1) is 12.0. The van der Waals surface area contributed by atoms with Crippen molar-refractivity contribution in [3.05, 3.63) is 85.0 Å². The number of allylic oxidation sites excluding steroid dienone is 5. The molecule has 1 N–H and O–H groups in total.